The average molecular weight is 594 g/mol. The van der Waals surface area contributed by atoms with E-state index >= 15 is 0 Å². The van der Waals surface area contributed by atoms with Crippen LogP contribution in [-0.4, -0.2) is 14.5 Å². The second-order valence-electron chi connectivity index (χ2n) is 11.3. The van der Waals surface area contributed by atoms with E-state index in [1.54, 1.807) is 0 Å². The number of para-hydroxylation sites is 1. The fourth-order valence-corrected chi connectivity index (χ4v) is 8.21. The fraction of sp³-hybridized carbons (Fsp3) is 0.0244. The van der Waals surface area contributed by atoms with Crippen LogP contribution in [0.1, 0.15) is 12.6 Å². The van der Waals surface area contributed by atoms with Crippen molar-refractivity contribution in [1.29, 1.82) is 0 Å². The standard InChI is InChI=1S/C41H27N3S/c1-3-5-14-25(4-2)37-32-24-23-26-15-6-7-16-27(26)38(32)43-41(42-37)44-33-21-12-10-19-30(33)35-28-17-8-9-18-29(28)36-31-20-11-13-22-34(31)45-40(36)39(35)44/h3-24H,2H2,1H3/b5-3-,25-14+. The van der Waals surface area contributed by atoms with E-state index in [2.05, 4.69) is 126 Å². The summed E-state index contributed by atoms with van der Waals surface area (Å²) in [4.78, 5) is 10.8. The number of nitrogens with zero attached hydrogens (tertiary/aromatic N) is 3. The Bertz CT molecular complexity index is 2740. The normalized spacial score (nSPS) is 12.7. The summed E-state index contributed by atoms with van der Waals surface area (Å²) in [5, 5.41) is 10.8. The molecule has 3 aromatic heterocycles. The molecule has 0 aliphatic carbocycles. The van der Waals surface area contributed by atoms with Crippen molar-refractivity contribution in [2.24, 2.45) is 0 Å². The molecule has 0 radical (unpaired) electrons. The summed E-state index contributed by atoms with van der Waals surface area (Å²) in [7, 11) is 0. The highest BCUT2D eigenvalue weighted by Gasteiger charge is 2.23. The van der Waals surface area contributed by atoms with E-state index < -0.39 is 0 Å². The van der Waals surface area contributed by atoms with E-state index in [9.17, 15) is 0 Å². The quantitative estimate of drug-likeness (QED) is 0.150. The van der Waals surface area contributed by atoms with Gasteiger partial charge in [0.15, 0.2) is 0 Å². The predicted octanol–water partition coefficient (Wildman–Crippen LogP) is 11.5. The predicted molar refractivity (Wildman–Crippen MR) is 195 cm³/mol. The van der Waals surface area contributed by atoms with Gasteiger partial charge in [-0.3, -0.25) is 4.57 Å². The Hall–Kier alpha value is -5.58. The highest BCUT2D eigenvalue weighted by Crippen LogP contribution is 2.47. The Kier molecular flexibility index (Phi) is 5.74. The molecule has 0 atom stereocenters. The Morgan fingerprint density at radius 3 is 2.18 bits per heavy atom. The summed E-state index contributed by atoms with van der Waals surface area (Å²) in [6.07, 6.45) is 8.04. The third-order valence-corrected chi connectivity index (χ3v) is 10.1. The van der Waals surface area contributed by atoms with Crippen LogP contribution in [0, 0.1) is 0 Å². The zero-order valence-electron chi connectivity index (χ0n) is 24.7. The number of benzene rings is 6. The van der Waals surface area contributed by atoms with E-state index in [0.29, 0.717) is 5.95 Å². The van der Waals surface area contributed by atoms with Crippen LogP contribution < -0.4 is 0 Å². The van der Waals surface area contributed by atoms with Gasteiger partial charge in [-0.2, -0.15) is 0 Å². The Morgan fingerprint density at radius 2 is 1.38 bits per heavy atom. The molecular formula is C41H27N3S. The fourth-order valence-electron chi connectivity index (χ4n) is 6.95. The minimum absolute atomic E-state index is 0.655. The van der Waals surface area contributed by atoms with Crippen molar-refractivity contribution >= 4 is 91.3 Å². The molecule has 0 aliphatic heterocycles. The number of rotatable bonds is 4. The largest absolute Gasteiger partial charge is 0.276 e. The molecular weight excluding hydrogens is 567 g/mol. The van der Waals surface area contributed by atoms with Gasteiger partial charge in [0.25, 0.3) is 0 Å². The van der Waals surface area contributed by atoms with Gasteiger partial charge in [-0.25, -0.2) is 9.97 Å². The first-order chi connectivity index (χ1) is 22.3. The molecule has 4 heteroatoms. The van der Waals surface area contributed by atoms with Gasteiger partial charge in [-0.15, -0.1) is 11.3 Å². The minimum Gasteiger partial charge on any atom is -0.276 e. The van der Waals surface area contributed by atoms with Gasteiger partial charge in [-0.05, 0) is 41.3 Å². The number of fused-ring (bicyclic) bond motifs is 13. The lowest BCUT2D eigenvalue weighted by molar-refractivity contribution is 1.01. The Morgan fingerprint density at radius 1 is 0.689 bits per heavy atom. The van der Waals surface area contributed by atoms with Gasteiger partial charge in [-0.1, -0.05) is 122 Å². The number of hydrogen-bond donors (Lipinski definition) is 0. The third-order valence-electron chi connectivity index (χ3n) is 8.89. The van der Waals surface area contributed by atoms with Crippen molar-refractivity contribution in [3.63, 3.8) is 0 Å². The first-order valence-electron chi connectivity index (χ1n) is 15.2. The summed E-state index contributed by atoms with van der Waals surface area (Å²) in [5.41, 5.74) is 4.99. The topological polar surface area (TPSA) is 30.7 Å². The van der Waals surface area contributed by atoms with Crippen molar-refractivity contribution < 1.29 is 0 Å². The number of aromatic nitrogens is 3. The van der Waals surface area contributed by atoms with Crippen molar-refractivity contribution in [3.8, 4) is 5.95 Å². The first kappa shape index (κ1) is 25.9. The molecule has 9 rings (SSSR count). The van der Waals surface area contributed by atoms with Gasteiger partial charge < -0.3 is 0 Å². The Labute approximate surface area is 263 Å². The monoisotopic (exact) mass is 593 g/mol. The molecule has 9 aromatic rings. The summed E-state index contributed by atoms with van der Waals surface area (Å²) in [6, 6.07) is 39.0. The van der Waals surface area contributed by atoms with Crippen LogP contribution in [0.5, 0.6) is 0 Å². The molecule has 0 fully saturated rings. The maximum Gasteiger partial charge on any atom is 0.235 e. The molecule has 0 bridgehead atoms. The average Bonchev–Trinajstić information content (AvgIpc) is 3.65. The van der Waals surface area contributed by atoms with Gasteiger partial charge in [0.1, 0.15) is 0 Å². The van der Waals surface area contributed by atoms with Crippen LogP contribution in [0.4, 0.5) is 0 Å². The van der Waals surface area contributed by atoms with Crippen molar-refractivity contribution in [2.45, 2.75) is 6.92 Å². The van der Waals surface area contributed by atoms with Crippen LogP contribution >= 0.6 is 11.3 Å². The highest BCUT2D eigenvalue weighted by atomic mass is 32.1. The molecule has 212 valence electrons. The first-order valence-corrected chi connectivity index (χ1v) is 16.0. The van der Waals surface area contributed by atoms with Crippen molar-refractivity contribution in [3.05, 3.63) is 146 Å². The van der Waals surface area contributed by atoms with Crippen LogP contribution in [0.2, 0.25) is 0 Å². The third kappa shape index (κ3) is 3.70. The molecule has 6 aromatic carbocycles. The molecule has 0 unspecified atom stereocenters. The summed E-state index contributed by atoms with van der Waals surface area (Å²) in [5.74, 6) is 0.655. The molecule has 0 saturated carbocycles. The SMILES string of the molecule is C=C/C(=C\C=C/C)c1nc(-n2c3ccccc3c3c4ccccc4c4c5ccccc5sc4c32)nc2c1ccc1ccccc12. The highest BCUT2D eigenvalue weighted by molar-refractivity contribution is 7.27. The molecule has 0 amide bonds. The number of thiophene rings is 1. The molecule has 3 heterocycles. The molecule has 0 aliphatic rings. The molecule has 0 spiro atoms. The van der Waals surface area contributed by atoms with E-state index in [4.69, 9.17) is 9.97 Å². The van der Waals surface area contributed by atoms with Gasteiger partial charge in [0.05, 0.1) is 26.9 Å². The second-order valence-corrected chi connectivity index (χ2v) is 12.4. The smallest absolute Gasteiger partial charge is 0.235 e. The second kappa shape index (κ2) is 9.98. The van der Waals surface area contributed by atoms with Crippen LogP contribution in [0.25, 0.3) is 85.9 Å². The minimum atomic E-state index is 0.655. The molecule has 0 N–H and O–H groups in total. The maximum atomic E-state index is 5.42. The van der Waals surface area contributed by atoms with E-state index in [1.165, 1.54) is 41.7 Å². The molecule has 0 saturated heterocycles. The molecule has 3 nitrogen and oxygen atoms in total. The number of hydrogen-bond acceptors (Lipinski definition) is 3. The van der Waals surface area contributed by atoms with Crippen LogP contribution in [-0.2, 0) is 0 Å². The summed E-state index contributed by atoms with van der Waals surface area (Å²) in [6.45, 7) is 6.20. The zero-order chi connectivity index (χ0) is 30.1. The van der Waals surface area contributed by atoms with Gasteiger partial charge in [0, 0.05) is 42.6 Å². The number of allylic oxidation sites excluding steroid dienone is 5. The van der Waals surface area contributed by atoms with Crippen molar-refractivity contribution in [1.82, 2.24) is 14.5 Å². The van der Waals surface area contributed by atoms with Crippen LogP contribution in [0.15, 0.2) is 140 Å². The Balaban J connectivity index is 1.54. The summed E-state index contributed by atoms with van der Waals surface area (Å²) < 4.78 is 4.82. The zero-order valence-corrected chi connectivity index (χ0v) is 25.5. The lowest BCUT2D eigenvalue weighted by Crippen LogP contribution is -2.05. The lowest BCUT2D eigenvalue weighted by atomic mass is 9.99. The van der Waals surface area contributed by atoms with E-state index in [1.807, 2.05) is 36.5 Å². The maximum absolute atomic E-state index is 5.42. The van der Waals surface area contributed by atoms with Gasteiger partial charge in [0.2, 0.25) is 5.95 Å². The van der Waals surface area contributed by atoms with Crippen LogP contribution in [0.3, 0.4) is 0 Å². The summed E-state index contributed by atoms with van der Waals surface area (Å²) >= 11 is 1.85. The van der Waals surface area contributed by atoms with Gasteiger partial charge >= 0.3 is 0 Å². The molecule has 45 heavy (non-hydrogen) atoms. The van der Waals surface area contributed by atoms with Crippen molar-refractivity contribution in [2.75, 3.05) is 0 Å². The van der Waals surface area contributed by atoms with E-state index in [-0.39, 0.29) is 0 Å². The van der Waals surface area contributed by atoms with E-state index in [0.717, 1.165) is 44.0 Å². The lowest BCUT2D eigenvalue weighted by Gasteiger charge is -2.14.